The van der Waals surface area contributed by atoms with Crippen LogP contribution in [0.2, 0.25) is 0 Å². The minimum absolute atomic E-state index is 0.0587. The molecule has 0 fully saturated rings. The standard InChI is InChI=1S/C12H9BrN2O2S/c1-7(16)10-6-14-12(18-10)15-11(17)8-2-4-9(13)5-3-8/h2-6H,1H3,(H,14,15,17). The van der Waals surface area contributed by atoms with E-state index in [0.29, 0.717) is 15.6 Å². The molecular formula is C12H9BrN2O2S. The predicted octanol–water partition coefficient (Wildman–Crippen LogP) is 3.36. The molecular weight excluding hydrogens is 316 g/mol. The molecule has 0 atom stereocenters. The number of carbonyl (C=O) groups excluding carboxylic acids is 2. The smallest absolute Gasteiger partial charge is 0.257 e. The fraction of sp³-hybridized carbons (Fsp3) is 0.0833. The zero-order valence-electron chi connectivity index (χ0n) is 9.44. The maximum Gasteiger partial charge on any atom is 0.257 e. The number of benzene rings is 1. The Balaban J connectivity index is 2.11. The van der Waals surface area contributed by atoms with Crippen molar-refractivity contribution in [3.05, 3.63) is 45.4 Å². The Kier molecular flexibility index (Phi) is 3.88. The van der Waals surface area contributed by atoms with Gasteiger partial charge in [0.2, 0.25) is 0 Å². The summed E-state index contributed by atoms with van der Waals surface area (Å²) in [6.07, 6.45) is 1.46. The lowest BCUT2D eigenvalue weighted by Crippen LogP contribution is -2.11. The first kappa shape index (κ1) is 12.9. The second kappa shape index (κ2) is 5.41. The molecule has 1 aromatic carbocycles. The fourth-order valence-electron chi connectivity index (χ4n) is 1.27. The van der Waals surface area contributed by atoms with Gasteiger partial charge in [0, 0.05) is 17.0 Å². The third-order valence-electron chi connectivity index (χ3n) is 2.18. The summed E-state index contributed by atoms with van der Waals surface area (Å²) in [7, 11) is 0. The summed E-state index contributed by atoms with van der Waals surface area (Å²) >= 11 is 4.47. The van der Waals surface area contributed by atoms with Gasteiger partial charge in [-0.25, -0.2) is 4.98 Å². The molecule has 2 aromatic rings. The lowest BCUT2D eigenvalue weighted by Gasteiger charge is -2.01. The summed E-state index contributed by atoms with van der Waals surface area (Å²) in [6, 6.07) is 6.99. The zero-order chi connectivity index (χ0) is 13.1. The van der Waals surface area contributed by atoms with Crippen LogP contribution in [0.3, 0.4) is 0 Å². The maximum absolute atomic E-state index is 11.9. The molecule has 1 N–H and O–H groups in total. The number of hydrogen-bond donors (Lipinski definition) is 1. The van der Waals surface area contributed by atoms with E-state index in [4.69, 9.17) is 0 Å². The lowest BCUT2D eigenvalue weighted by atomic mass is 10.2. The largest absolute Gasteiger partial charge is 0.298 e. The fourth-order valence-corrected chi connectivity index (χ4v) is 2.24. The van der Waals surface area contributed by atoms with Crippen LogP contribution in [0.15, 0.2) is 34.9 Å². The number of nitrogens with zero attached hydrogens (tertiary/aromatic N) is 1. The Morgan fingerprint density at radius 3 is 2.50 bits per heavy atom. The van der Waals surface area contributed by atoms with Gasteiger partial charge in [0.25, 0.3) is 5.91 Å². The van der Waals surface area contributed by atoms with Crippen molar-refractivity contribution in [3.63, 3.8) is 0 Å². The molecule has 0 radical (unpaired) electrons. The first-order chi connectivity index (χ1) is 8.56. The van der Waals surface area contributed by atoms with Crippen molar-refractivity contribution in [1.29, 1.82) is 0 Å². The van der Waals surface area contributed by atoms with E-state index in [1.54, 1.807) is 24.3 Å². The second-order valence-corrected chi connectivity index (χ2v) is 5.49. The summed E-state index contributed by atoms with van der Waals surface area (Å²) < 4.78 is 0.909. The molecule has 0 spiro atoms. The second-order valence-electron chi connectivity index (χ2n) is 3.55. The van der Waals surface area contributed by atoms with Crippen LogP contribution < -0.4 is 5.32 Å². The van der Waals surface area contributed by atoms with Crippen molar-refractivity contribution in [3.8, 4) is 0 Å². The van der Waals surface area contributed by atoms with Gasteiger partial charge in [0.1, 0.15) is 0 Å². The van der Waals surface area contributed by atoms with Crippen LogP contribution in [0.4, 0.5) is 5.13 Å². The van der Waals surface area contributed by atoms with E-state index in [0.717, 1.165) is 4.47 Å². The van der Waals surface area contributed by atoms with E-state index in [2.05, 4.69) is 26.2 Å². The highest BCUT2D eigenvalue weighted by atomic mass is 79.9. The van der Waals surface area contributed by atoms with Gasteiger partial charge in [-0.15, -0.1) is 0 Å². The van der Waals surface area contributed by atoms with Gasteiger partial charge < -0.3 is 0 Å². The van der Waals surface area contributed by atoms with Gasteiger partial charge in [-0.05, 0) is 24.3 Å². The van der Waals surface area contributed by atoms with Crippen LogP contribution in [-0.4, -0.2) is 16.7 Å². The zero-order valence-corrected chi connectivity index (χ0v) is 11.8. The number of thiazole rings is 1. The number of anilines is 1. The number of carbonyl (C=O) groups is 2. The number of halogens is 1. The lowest BCUT2D eigenvalue weighted by molar-refractivity contribution is 0.101. The SMILES string of the molecule is CC(=O)c1cnc(NC(=O)c2ccc(Br)cc2)s1. The van der Waals surface area contributed by atoms with Crippen LogP contribution >= 0.6 is 27.3 Å². The van der Waals surface area contributed by atoms with Crippen molar-refractivity contribution >= 4 is 44.1 Å². The first-order valence-electron chi connectivity index (χ1n) is 5.10. The molecule has 0 aliphatic heterocycles. The first-order valence-corrected chi connectivity index (χ1v) is 6.71. The summed E-state index contributed by atoms with van der Waals surface area (Å²) in [5, 5.41) is 3.08. The third-order valence-corrected chi connectivity index (χ3v) is 3.72. The Bertz CT molecular complexity index is 592. The molecule has 0 aliphatic carbocycles. The number of amides is 1. The van der Waals surface area contributed by atoms with E-state index in [-0.39, 0.29) is 11.7 Å². The van der Waals surface area contributed by atoms with Crippen LogP contribution in [0.25, 0.3) is 0 Å². The average Bonchev–Trinajstić information content (AvgIpc) is 2.78. The molecule has 0 aliphatic rings. The Labute approximate surface area is 116 Å². The average molecular weight is 325 g/mol. The minimum Gasteiger partial charge on any atom is -0.298 e. The molecule has 0 saturated heterocycles. The number of ketones is 1. The van der Waals surface area contributed by atoms with Crippen molar-refractivity contribution in [2.45, 2.75) is 6.92 Å². The molecule has 1 heterocycles. The van der Waals surface area contributed by atoms with E-state index < -0.39 is 0 Å². The van der Waals surface area contributed by atoms with Gasteiger partial charge in [-0.3, -0.25) is 14.9 Å². The van der Waals surface area contributed by atoms with Crippen molar-refractivity contribution in [2.75, 3.05) is 5.32 Å². The van der Waals surface area contributed by atoms with Crippen molar-refractivity contribution < 1.29 is 9.59 Å². The highest BCUT2D eigenvalue weighted by Gasteiger charge is 2.10. The van der Waals surface area contributed by atoms with Crippen LogP contribution in [0, 0.1) is 0 Å². The van der Waals surface area contributed by atoms with Gasteiger partial charge in [-0.1, -0.05) is 27.3 Å². The Morgan fingerprint density at radius 1 is 1.28 bits per heavy atom. The molecule has 18 heavy (non-hydrogen) atoms. The molecule has 1 amide bonds. The van der Waals surface area contributed by atoms with Crippen LogP contribution in [-0.2, 0) is 0 Å². The number of nitrogens with one attached hydrogen (secondary N) is 1. The summed E-state index contributed by atoms with van der Waals surface area (Å²) in [4.78, 5) is 27.5. The highest BCUT2D eigenvalue weighted by molar-refractivity contribution is 9.10. The minimum atomic E-state index is -0.244. The molecule has 2 rings (SSSR count). The predicted molar refractivity (Wildman–Crippen MR) is 74.2 cm³/mol. The molecule has 0 saturated carbocycles. The molecule has 92 valence electrons. The number of aromatic nitrogens is 1. The number of hydrogen-bond acceptors (Lipinski definition) is 4. The molecule has 1 aromatic heterocycles. The van der Waals surface area contributed by atoms with E-state index in [1.807, 2.05) is 0 Å². The molecule has 0 bridgehead atoms. The van der Waals surface area contributed by atoms with Crippen molar-refractivity contribution in [2.24, 2.45) is 0 Å². The molecule has 6 heteroatoms. The number of rotatable bonds is 3. The summed E-state index contributed by atoms with van der Waals surface area (Å²) in [5.74, 6) is -0.302. The van der Waals surface area contributed by atoms with Gasteiger partial charge >= 0.3 is 0 Å². The van der Waals surface area contributed by atoms with Crippen molar-refractivity contribution in [1.82, 2.24) is 4.98 Å². The molecule has 4 nitrogen and oxygen atoms in total. The topological polar surface area (TPSA) is 59.1 Å². The van der Waals surface area contributed by atoms with E-state index in [9.17, 15) is 9.59 Å². The Morgan fingerprint density at radius 2 is 1.94 bits per heavy atom. The normalized spacial score (nSPS) is 10.1. The van der Waals surface area contributed by atoms with Crippen LogP contribution in [0.5, 0.6) is 0 Å². The summed E-state index contributed by atoms with van der Waals surface area (Å²) in [6.45, 7) is 1.47. The van der Waals surface area contributed by atoms with Crippen LogP contribution in [0.1, 0.15) is 27.0 Å². The maximum atomic E-state index is 11.9. The van der Waals surface area contributed by atoms with E-state index >= 15 is 0 Å². The number of Topliss-reactive ketones (excluding diaryl/α,β-unsaturated/α-hetero) is 1. The van der Waals surface area contributed by atoms with Gasteiger partial charge in [0.15, 0.2) is 10.9 Å². The van der Waals surface area contributed by atoms with Gasteiger partial charge in [0.05, 0.1) is 11.1 Å². The van der Waals surface area contributed by atoms with E-state index in [1.165, 1.54) is 24.5 Å². The highest BCUT2D eigenvalue weighted by Crippen LogP contribution is 2.19. The molecule has 0 unspecified atom stereocenters. The third kappa shape index (κ3) is 3.02. The summed E-state index contributed by atoms with van der Waals surface area (Å²) in [5.41, 5.74) is 0.540. The quantitative estimate of drug-likeness (QED) is 0.880. The monoisotopic (exact) mass is 324 g/mol. The van der Waals surface area contributed by atoms with Gasteiger partial charge in [-0.2, -0.15) is 0 Å². The Hall–Kier alpha value is -1.53.